The van der Waals surface area contributed by atoms with Gasteiger partial charge >= 0.3 is 0 Å². The monoisotopic (exact) mass is 367 g/mol. The van der Waals surface area contributed by atoms with Gasteiger partial charge in [-0.25, -0.2) is 0 Å². The summed E-state index contributed by atoms with van der Waals surface area (Å²) in [5.41, 5.74) is 4.71. The number of nitrogens with zero attached hydrogens (tertiary/aromatic N) is 3. The van der Waals surface area contributed by atoms with Crippen LogP contribution in [0.3, 0.4) is 0 Å². The van der Waals surface area contributed by atoms with Crippen molar-refractivity contribution in [3.05, 3.63) is 53.6 Å². The SMILES string of the molecule is COc1ccc(N2CCN(C(=O)CN(C)c3cc(C)cc(C)c3)CC2)cc1. The Morgan fingerprint density at radius 3 is 2.15 bits per heavy atom. The molecule has 2 aromatic carbocycles. The number of carbonyl (C=O) groups excluding carboxylic acids is 1. The summed E-state index contributed by atoms with van der Waals surface area (Å²) in [5, 5.41) is 0. The van der Waals surface area contributed by atoms with E-state index in [1.807, 2.05) is 29.0 Å². The van der Waals surface area contributed by atoms with Gasteiger partial charge in [-0.1, -0.05) is 6.07 Å². The number of rotatable bonds is 5. The molecular formula is C22H29N3O2. The van der Waals surface area contributed by atoms with Crippen molar-refractivity contribution in [1.82, 2.24) is 4.90 Å². The molecule has 27 heavy (non-hydrogen) atoms. The molecule has 1 aliphatic heterocycles. The molecule has 3 rings (SSSR count). The molecule has 144 valence electrons. The van der Waals surface area contributed by atoms with Crippen LogP contribution in [0.2, 0.25) is 0 Å². The Balaban J connectivity index is 1.54. The average Bonchev–Trinajstić information content (AvgIpc) is 2.67. The Kier molecular flexibility index (Phi) is 5.89. The van der Waals surface area contributed by atoms with Gasteiger partial charge in [0.15, 0.2) is 0 Å². The van der Waals surface area contributed by atoms with Crippen molar-refractivity contribution in [2.24, 2.45) is 0 Å². The normalized spacial score (nSPS) is 14.2. The fourth-order valence-corrected chi connectivity index (χ4v) is 3.57. The molecule has 0 spiro atoms. The first-order valence-electron chi connectivity index (χ1n) is 9.42. The molecule has 1 heterocycles. The number of amides is 1. The number of anilines is 2. The van der Waals surface area contributed by atoms with E-state index in [-0.39, 0.29) is 5.91 Å². The number of ether oxygens (including phenoxy) is 1. The van der Waals surface area contributed by atoms with E-state index in [2.05, 4.69) is 49.1 Å². The smallest absolute Gasteiger partial charge is 0.242 e. The van der Waals surface area contributed by atoms with E-state index in [1.54, 1.807) is 7.11 Å². The summed E-state index contributed by atoms with van der Waals surface area (Å²) in [4.78, 5) is 19.1. The predicted molar refractivity (Wildman–Crippen MR) is 111 cm³/mol. The third-order valence-electron chi connectivity index (χ3n) is 5.09. The molecule has 2 aromatic rings. The molecule has 1 aliphatic rings. The van der Waals surface area contributed by atoms with Crippen molar-refractivity contribution < 1.29 is 9.53 Å². The first-order valence-corrected chi connectivity index (χ1v) is 9.42. The van der Waals surface area contributed by atoms with Crippen LogP contribution in [0.5, 0.6) is 5.75 Å². The molecule has 1 amide bonds. The molecule has 5 heteroatoms. The van der Waals surface area contributed by atoms with E-state index < -0.39 is 0 Å². The molecule has 0 saturated carbocycles. The van der Waals surface area contributed by atoms with Gasteiger partial charge in [0.2, 0.25) is 5.91 Å². The van der Waals surface area contributed by atoms with Crippen molar-refractivity contribution in [3.8, 4) is 5.75 Å². The number of piperazine rings is 1. The van der Waals surface area contributed by atoms with Gasteiger partial charge in [-0.3, -0.25) is 4.79 Å². The van der Waals surface area contributed by atoms with Gasteiger partial charge in [-0.05, 0) is 61.4 Å². The van der Waals surface area contributed by atoms with E-state index in [0.29, 0.717) is 6.54 Å². The van der Waals surface area contributed by atoms with Gasteiger partial charge in [0.25, 0.3) is 0 Å². The summed E-state index contributed by atoms with van der Waals surface area (Å²) in [5.74, 6) is 1.05. The van der Waals surface area contributed by atoms with Crippen LogP contribution in [0, 0.1) is 13.8 Å². The molecule has 5 nitrogen and oxygen atoms in total. The maximum absolute atomic E-state index is 12.7. The highest BCUT2D eigenvalue weighted by molar-refractivity contribution is 5.81. The van der Waals surface area contributed by atoms with E-state index in [0.717, 1.165) is 37.6 Å². The zero-order chi connectivity index (χ0) is 19.4. The molecule has 0 N–H and O–H groups in total. The van der Waals surface area contributed by atoms with Crippen LogP contribution in [-0.2, 0) is 4.79 Å². The molecule has 0 unspecified atom stereocenters. The van der Waals surface area contributed by atoms with Crippen LogP contribution in [0.4, 0.5) is 11.4 Å². The lowest BCUT2D eigenvalue weighted by molar-refractivity contribution is -0.129. The van der Waals surface area contributed by atoms with E-state index in [9.17, 15) is 4.79 Å². The highest BCUT2D eigenvalue weighted by Crippen LogP contribution is 2.21. The third kappa shape index (κ3) is 4.73. The topological polar surface area (TPSA) is 36.0 Å². The lowest BCUT2D eigenvalue weighted by Crippen LogP contribution is -2.51. The minimum absolute atomic E-state index is 0.186. The average molecular weight is 367 g/mol. The summed E-state index contributed by atoms with van der Waals surface area (Å²) in [7, 11) is 3.66. The van der Waals surface area contributed by atoms with Crippen LogP contribution >= 0.6 is 0 Å². The van der Waals surface area contributed by atoms with Gasteiger partial charge in [0.05, 0.1) is 13.7 Å². The van der Waals surface area contributed by atoms with E-state index in [1.165, 1.54) is 16.8 Å². The summed E-state index contributed by atoms with van der Waals surface area (Å²) >= 11 is 0. The van der Waals surface area contributed by atoms with Crippen molar-refractivity contribution in [1.29, 1.82) is 0 Å². The zero-order valence-electron chi connectivity index (χ0n) is 16.7. The van der Waals surface area contributed by atoms with Crippen molar-refractivity contribution in [2.45, 2.75) is 13.8 Å². The van der Waals surface area contributed by atoms with Crippen LogP contribution in [0.15, 0.2) is 42.5 Å². The van der Waals surface area contributed by atoms with E-state index in [4.69, 9.17) is 4.74 Å². The number of carbonyl (C=O) groups is 1. The summed E-state index contributed by atoms with van der Waals surface area (Å²) < 4.78 is 5.22. The lowest BCUT2D eigenvalue weighted by Gasteiger charge is -2.37. The highest BCUT2D eigenvalue weighted by atomic mass is 16.5. The fraction of sp³-hybridized carbons (Fsp3) is 0.409. The van der Waals surface area contributed by atoms with Gasteiger partial charge in [-0.15, -0.1) is 0 Å². The van der Waals surface area contributed by atoms with Crippen LogP contribution in [0.25, 0.3) is 0 Å². The van der Waals surface area contributed by atoms with E-state index >= 15 is 0 Å². The summed E-state index contributed by atoms with van der Waals surface area (Å²) in [6.07, 6.45) is 0. The Morgan fingerprint density at radius 2 is 1.59 bits per heavy atom. The maximum Gasteiger partial charge on any atom is 0.242 e. The van der Waals surface area contributed by atoms with Crippen LogP contribution in [-0.4, -0.2) is 57.7 Å². The number of hydrogen-bond donors (Lipinski definition) is 0. The number of aryl methyl sites for hydroxylation is 2. The van der Waals surface area contributed by atoms with Crippen molar-refractivity contribution in [2.75, 3.05) is 56.7 Å². The second-order valence-electron chi connectivity index (χ2n) is 7.27. The first-order chi connectivity index (χ1) is 13.0. The molecule has 0 atom stereocenters. The quantitative estimate of drug-likeness (QED) is 0.814. The van der Waals surface area contributed by atoms with Crippen molar-refractivity contribution in [3.63, 3.8) is 0 Å². The predicted octanol–water partition coefficient (Wildman–Crippen LogP) is 3.10. The summed E-state index contributed by atoms with van der Waals surface area (Å²) in [6.45, 7) is 7.80. The number of likely N-dealkylation sites (N-methyl/N-ethyl adjacent to an activating group) is 1. The van der Waals surface area contributed by atoms with Gasteiger partial charge in [-0.2, -0.15) is 0 Å². The largest absolute Gasteiger partial charge is 0.497 e. The lowest BCUT2D eigenvalue weighted by atomic mass is 10.1. The third-order valence-corrected chi connectivity index (χ3v) is 5.09. The second kappa shape index (κ2) is 8.33. The number of hydrogen-bond acceptors (Lipinski definition) is 4. The standard InChI is InChI=1S/C22H29N3O2/c1-17-13-18(2)15-20(14-17)23(3)16-22(26)25-11-9-24(10-12-25)19-5-7-21(27-4)8-6-19/h5-8,13-15H,9-12,16H2,1-4H3. The Morgan fingerprint density at radius 1 is 1.00 bits per heavy atom. The molecule has 0 radical (unpaired) electrons. The Labute approximate surface area is 162 Å². The molecule has 1 fully saturated rings. The molecule has 1 saturated heterocycles. The first kappa shape index (κ1) is 19.1. The number of methoxy groups -OCH3 is 1. The van der Waals surface area contributed by atoms with Gasteiger partial charge in [0, 0.05) is 44.6 Å². The molecular weight excluding hydrogens is 338 g/mol. The highest BCUT2D eigenvalue weighted by Gasteiger charge is 2.22. The van der Waals surface area contributed by atoms with Gasteiger partial charge in [0.1, 0.15) is 5.75 Å². The maximum atomic E-state index is 12.7. The Hall–Kier alpha value is -2.69. The summed E-state index contributed by atoms with van der Waals surface area (Å²) in [6, 6.07) is 14.5. The zero-order valence-corrected chi connectivity index (χ0v) is 16.7. The van der Waals surface area contributed by atoms with Crippen LogP contribution < -0.4 is 14.5 Å². The fourth-order valence-electron chi connectivity index (χ4n) is 3.57. The minimum atomic E-state index is 0.186. The Bertz CT molecular complexity index is 760. The molecule has 0 aliphatic carbocycles. The van der Waals surface area contributed by atoms with Gasteiger partial charge < -0.3 is 19.4 Å². The second-order valence-corrected chi connectivity index (χ2v) is 7.27. The molecule has 0 aromatic heterocycles. The minimum Gasteiger partial charge on any atom is -0.497 e. The van der Waals surface area contributed by atoms with Crippen molar-refractivity contribution >= 4 is 17.3 Å². The van der Waals surface area contributed by atoms with Crippen LogP contribution in [0.1, 0.15) is 11.1 Å². The molecule has 0 bridgehead atoms. The number of benzene rings is 2.